The second-order valence-corrected chi connectivity index (χ2v) is 4.04. The number of unbranched alkanes of at least 4 members (excludes halogenated alkanes) is 3. The third kappa shape index (κ3) is 8.89. The number of carbonyl (C=O) groups is 2. The summed E-state index contributed by atoms with van der Waals surface area (Å²) in [5.74, 6) is -2.11. The fraction of sp³-hybridized carbons (Fsp3) is 0.833. The number of amides is 1. The van der Waals surface area contributed by atoms with E-state index >= 15 is 0 Å². The Morgan fingerprint density at radius 2 is 1.83 bits per heavy atom. The van der Waals surface area contributed by atoms with E-state index in [1.807, 2.05) is 0 Å². The number of rotatable bonds is 9. The van der Waals surface area contributed by atoms with Crippen LogP contribution in [0, 0.1) is 0 Å². The van der Waals surface area contributed by atoms with E-state index in [-0.39, 0.29) is 42.5 Å². The number of halogens is 1. The van der Waals surface area contributed by atoms with Crippen LogP contribution in [-0.2, 0) is 9.59 Å². The van der Waals surface area contributed by atoms with Gasteiger partial charge in [-0.2, -0.15) is 0 Å². The number of carboxylic acid groups (broad SMARTS) is 1. The van der Waals surface area contributed by atoms with Gasteiger partial charge in [0.05, 0.1) is 12.5 Å². The molecule has 100 valence electrons. The molecular formula is C12H21FNNaO3. The Morgan fingerprint density at radius 1 is 1.22 bits per heavy atom. The first-order chi connectivity index (χ1) is 8.02. The maximum Gasteiger partial charge on any atom is 1.00 e. The maximum absolute atomic E-state index is 13.5. The average molecular weight is 269 g/mol. The van der Waals surface area contributed by atoms with Gasteiger partial charge in [0, 0.05) is 6.54 Å². The van der Waals surface area contributed by atoms with E-state index in [2.05, 4.69) is 6.92 Å². The van der Waals surface area contributed by atoms with Gasteiger partial charge in [-0.15, -0.1) is 0 Å². The number of likely N-dealkylation sites (N-methyl/N-ethyl adjacent to an activating group) is 1. The van der Waals surface area contributed by atoms with Crippen molar-refractivity contribution in [3.63, 3.8) is 0 Å². The minimum absolute atomic E-state index is 0. The summed E-state index contributed by atoms with van der Waals surface area (Å²) in [6, 6.07) is 0. The predicted molar refractivity (Wildman–Crippen MR) is 60.9 cm³/mol. The standard InChI is InChI=1S/C12H22FNO3.Na/c1-3-5-6-7-8-10(13)12(17)14(4-2)9-11(15)16;/h10H,3-9H2,1-2H3,(H,15,16);/q;+1/p-1. The number of hydrogen-bond donors (Lipinski definition) is 0. The van der Waals surface area contributed by atoms with Gasteiger partial charge in [-0.3, -0.25) is 4.79 Å². The Kier molecular flexibility index (Phi) is 13.4. The van der Waals surface area contributed by atoms with Crippen LogP contribution in [0.25, 0.3) is 0 Å². The largest absolute Gasteiger partial charge is 1.00 e. The molecule has 6 heteroatoms. The first-order valence-corrected chi connectivity index (χ1v) is 6.15. The van der Waals surface area contributed by atoms with Crippen LogP contribution in [0.4, 0.5) is 4.39 Å². The van der Waals surface area contributed by atoms with Gasteiger partial charge < -0.3 is 14.8 Å². The molecule has 0 N–H and O–H groups in total. The number of aliphatic carboxylic acids is 1. The molecule has 1 atom stereocenters. The van der Waals surface area contributed by atoms with E-state index in [0.29, 0.717) is 6.42 Å². The van der Waals surface area contributed by atoms with Crippen molar-refractivity contribution in [2.45, 2.75) is 52.1 Å². The molecule has 0 aromatic carbocycles. The van der Waals surface area contributed by atoms with Gasteiger partial charge in [0.1, 0.15) is 0 Å². The summed E-state index contributed by atoms with van der Waals surface area (Å²) in [5, 5.41) is 10.4. The van der Waals surface area contributed by atoms with Crippen LogP contribution in [0.2, 0.25) is 0 Å². The van der Waals surface area contributed by atoms with Crippen molar-refractivity contribution in [2.75, 3.05) is 13.1 Å². The van der Waals surface area contributed by atoms with E-state index in [0.717, 1.165) is 24.2 Å². The molecule has 1 amide bonds. The molecule has 1 unspecified atom stereocenters. The zero-order valence-electron chi connectivity index (χ0n) is 11.6. The minimum atomic E-state index is -1.59. The molecule has 0 rings (SSSR count). The molecule has 4 nitrogen and oxygen atoms in total. The van der Waals surface area contributed by atoms with Gasteiger partial charge in [0.2, 0.25) is 0 Å². The van der Waals surface area contributed by atoms with Gasteiger partial charge in [-0.05, 0) is 13.3 Å². The molecule has 0 fully saturated rings. The number of nitrogens with zero attached hydrogens (tertiary/aromatic N) is 1. The zero-order valence-corrected chi connectivity index (χ0v) is 13.6. The second kappa shape index (κ2) is 11.9. The van der Waals surface area contributed by atoms with Gasteiger partial charge in [-0.25, -0.2) is 4.39 Å². The summed E-state index contributed by atoms with van der Waals surface area (Å²) < 4.78 is 13.5. The van der Waals surface area contributed by atoms with Crippen LogP contribution >= 0.6 is 0 Å². The second-order valence-electron chi connectivity index (χ2n) is 4.04. The quantitative estimate of drug-likeness (QED) is 0.356. The average Bonchev–Trinajstić information content (AvgIpc) is 2.30. The fourth-order valence-electron chi connectivity index (χ4n) is 1.57. The van der Waals surface area contributed by atoms with Crippen LogP contribution in [0.15, 0.2) is 0 Å². The van der Waals surface area contributed by atoms with Crippen molar-refractivity contribution in [1.29, 1.82) is 0 Å². The molecule has 0 radical (unpaired) electrons. The molecule has 0 aromatic heterocycles. The van der Waals surface area contributed by atoms with E-state index in [1.54, 1.807) is 6.92 Å². The van der Waals surface area contributed by atoms with Crippen molar-refractivity contribution in [2.24, 2.45) is 0 Å². The summed E-state index contributed by atoms with van der Waals surface area (Å²) in [5.41, 5.74) is 0. The van der Waals surface area contributed by atoms with Crippen LogP contribution in [-0.4, -0.2) is 36.0 Å². The van der Waals surface area contributed by atoms with Crippen molar-refractivity contribution >= 4 is 11.9 Å². The van der Waals surface area contributed by atoms with Gasteiger partial charge in [0.25, 0.3) is 5.91 Å². The molecule has 0 saturated carbocycles. The van der Waals surface area contributed by atoms with E-state index < -0.39 is 24.6 Å². The molecule has 0 aliphatic rings. The van der Waals surface area contributed by atoms with E-state index in [9.17, 15) is 19.1 Å². The van der Waals surface area contributed by atoms with Gasteiger partial charge in [-0.1, -0.05) is 32.6 Å². The van der Waals surface area contributed by atoms with Gasteiger partial charge >= 0.3 is 29.6 Å². The third-order valence-corrected chi connectivity index (χ3v) is 2.59. The summed E-state index contributed by atoms with van der Waals surface area (Å²) in [6.45, 7) is 3.31. The SMILES string of the molecule is CCCCCCC(F)C(=O)N(CC)CC(=O)[O-].[Na+]. The van der Waals surface area contributed by atoms with Crippen molar-refractivity contribution < 1.29 is 48.6 Å². The molecule has 0 saturated heterocycles. The molecule has 0 aromatic rings. The first-order valence-electron chi connectivity index (χ1n) is 6.15. The molecular weight excluding hydrogens is 248 g/mol. The summed E-state index contributed by atoms with van der Waals surface area (Å²) in [6.07, 6.45) is 2.21. The van der Waals surface area contributed by atoms with Crippen molar-refractivity contribution in [1.82, 2.24) is 4.90 Å². The number of carbonyl (C=O) groups excluding carboxylic acids is 2. The fourth-order valence-corrected chi connectivity index (χ4v) is 1.57. The summed E-state index contributed by atoms with van der Waals surface area (Å²) >= 11 is 0. The summed E-state index contributed by atoms with van der Waals surface area (Å²) in [7, 11) is 0. The normalized spacial score (nSPS) is 11.5. The number of alkyl halides is 1. The Hall–Kier alpha value is -0.130. The molecule has 0 bridgehead atoms. The van der Waals surface area contributed by atoms with Crippen LogP contribution in [0.5, 0.6) is 0 Å². The Bertz CT molecular complexity index is 251. The Labute approximate surface area is 130 Å². The molecule has 0 spiro atoms. The molecule has 0 aliphatic heterocycles. The van der Waals surface area contributed by atoms with Gasteiger partial charge in [0.15, 0.2) is 6.17 Å². The van der Waals surface area contributed by atoms with Crippen molar-refractivity contribution in [3.05, 3.63) is 0 Å². The summed E-state index contributed by atoms with van der Waals surface area (Å²) in [4.78, 5) is 22.9. The van der Waals surface area contributed by atoms with Crippen LogP contribution < -0.4 is 34.7 Å². The molecule has 18 heavy (non-hydrogen) atoms. The van der Waals surface area contributed by atoms with Crippen LogP contribution in [0.3, 0.4) is 0 Å². The smallest absolute Gasteiger partial charge is 0.548 e. The van der Waals surface area contributed by atoms with E-state index in [4.69, 9.17) is 0 Å². The van der Waals surface area contributed by atoms with Crippen LogP contribution in [0.1, 0.15) is 46.0 Å². The topological polar surface area (TPSA) is 60.4 Å². The first kappa shape index (κ1) is 20.2. The predicted octanol–water partition coefficient (Wildman–Crippen LogP) is -2.10. The minimum Gasteiger partial charge on any atom is -0.548 e. The van der Waals surface area contributed by atoms with E-state index in [1.165, 1.54) is 0 Å². The molecule has 0 heterocycles. The monoisotopic (exact) mass is 269 g/mol. The Morgan fingerprint density at radius 3 is 2.28 bits per heavy atom. The third-order valence-electron chi connectivity index (χ3n) is 2.59. The maximum atomic E-state index is 13.5. The van der Waals surface area contributed by atoms with Crippen molar-refractivity contribution in [3.8, 4) is 0 Å². The number of carboxylic acids is 1. The molecule has 0 aliphatic carbocycles. The Balaban J connectivity index is 0. The zero-order chi connectivity index (χ0) is 13.3. The number of hydrogen-bond acceptors (Lipinski definition) is 3.